The van der Waals surface area contributed by atoms with Crippen molar-refractivity contribution in [3.05, 3.63) is 64.7 Å². The number of benzene rings is 2. The first kappa shape index (κ1) is 18.3. The Morgan fingerprint density at radius 1 is 1.04 bits per heavy atom. The van der Waals surface area contributed by atoms with Crippen LogP contribution in [-0.4, -0.2) is 46.5 Å². The maximum absolute atomic E-state index is 12.9. The molecule has 0 aliphatic carbocycles. The molecule has 4 nitrogen and oxygen atoms in total. The lowest BCUT2D eigenvalue weighted by Gasteiger charge is -2.36. The van der Waals surface area contributed by atoms with Crippen LogP contribution in [0, 0.1) is 5.92 Å². The van der Waals surface area contributed by atoms with E-state index in [2.05, 4.69) is 29.2 Å². The SMILES string of the molecule is O=C(Cc1ccc(O)c(Cl)c1)N1C[C@H]2CC[C@@H](C1)N(Cc1ccccc1)C2. The van der Waals surface area contributed by atoms with Crippen molar-refractivity contribution in [2.45, 2.75) is 31.8 Å². The summed E-state index contributed by atoms with van der Waals surface area (Å²) in [5, 5.41) is 9.86. The van der Waals surface area contributed by atoms with Gasteiger partial charge in [0, 0.05) is 32.2 Å². The van der Waals surface area contributed by atoms with Gasteiger partial charge in [0.2, 0.25) is 5.91 Å². The molecule has 5 rings (SSSR count). The van der Waals surface area contributed by atoms with Crippen molar-refractivity contribution >= 4 is 17.5 Å². The number of phenolic OH excluding ortho intramolecular Hbond substituents is 1. The minimum absolute atomic E-state index is 0.0530. The summed E-state index contributed by atoms with van der Waals surface area (Å²) in [6.07, 6.45) is 2.69. The highest BCUT2D eigenvalue weighted by Gasteiger charge is 2.36. The quantitative estimate of drug-likeness (QED) is 0.873. The van der Waals surface area contributed by atoms with Crippen LogP contribution in [0.5, 0.6) is 5.75 Å². The van der Waals surface area contributed by atoms with Gasteiger partial charge in [-0.05, 0) is 42.0 Å². The Bertz CT molecular complexity index is 811. The first-order valence-corrected chi connectivity index (χ1v) is 9.99. The number of carbonyl (C=O) groups excluding carboxylic acids is 1. The number of phenols is 1. The molecule has 0 spiro atoms. The average Bonchev–Trinajstić information content (AvgIpc) is 2.98. The Balaban J connectivity index is 1.43. The molecule has 27 heavy (non-hydrogen) atoms. The lowest BCUT2D eigenvalue weighted by molar-refractivity contribution is -0.130. The Morgan fingerprint density at radius 3 is 2.63 bits per heavy atom. The molecule has 0 radical (unpaired) electrons. The highest BCUT2D eigenvalue weighted by molar-refractivity contribution is 6.32. The van der Waals surface area contributed by atoms with Gasteiger partial charge >= 0.3 is 0 Å². The molecule has 3 fully saturated rings. The molecule has 2 atom stereocenters. The van der Waals surface area contributed by atoms with E-state index in [0.29, 0.717) is 23.4 Å². The molecule has 5 heteroatoms. The van der Waals surface area contributed by atoms with Crippen LogP contribution in [0.1, 0.15) is 24.0 Å². The van der Waals surface area contributed by atoms with E-state index >= 15 is 0 Å². The van der Waals surface area contributed by atoms with Gasteiger partial charge in [0.05, 0.1) is 11.4 Å². The number of aromatic hydroxyl groups is 1. The summed E-state index contributed by atoms with van der Waals surface area (Å²) in [5.74, 6) is 0.743. The monoisotopic (exact) mass is 384 g/mol. The number of piperidine rings is 1. The first-order chi connectivity index (χ1) is 13.1. The fourth-order valence-corrected chi connectivity index (χ4v) is 4.54. The molecule has 0 aromatic heterocycles. The maximum atomic E-state index is 12.9. The van der Waals surface area contributed by atoms with Crippen molar-refractivity contribution in [2.75, 3.05) is 19.6 Å². The second kappa shape index (κ2) is 7.91. The molecule has 2 aromatic carbocycles. The zero-order chi connectivity index (χ0) is 18.8. The first-order valence-electron chi connectivity index (χ1n) is 9.61. The van der Waals surface area contributed by atoms with Crippen LogP contribution in [-0.2, 0) is 17.8 Å². The molecule has 0 saturated carbocycles. The molecule has 2 bridgehead atoms. The highest BCUT2D eigenvalue weighted by atomic mass is 35.5. The van der Waals surface area contributed by atoms with Gasteiger partial charge in [0.25, 0.3) is 0 Å². The van der Waals surface area contributed by atoms with Gasteiger partial charge in [-0.1, -0.05) is 48.0 Å². The van der Waals surface area contributed by atoms with E-state index in [1.807, 2.05) is 11.0 Å². The number of amides is 1. The van der Waals surface area contributed by atoms with E-state index in [-0.39, 0.29) is 11.7 Å². The molecule has 2 aromatic rings. The van der Waals surface area contributed by atoms with Crippen molar-refractivity contribution < 1.29 is 9.90 Å². The van der Waals surface area contributed by atoms with Gasteiger partial charge in [0.15, 0.2) is 0 Å². The van der Waals surface area contributed by atoms with Crippen LogP contribution >= 0.6 is 11.6 Å². The second-order valence-corrected chi connectivity index (χ2v) is 8.18. The van der Waals surface area contributed by atoms with Crippen LogP contribution in [0.3, 0.4) is 0 Å². The molecular formula is C22H25ClN2O2. The zero-order valence-corrected chi connectivity index (χ0v) is 16.1. The standard InChI is InChI=1S/C22H25ClN2O2/c23-20-10-17(7-9-21(20)26)11-22(27)25-14-18-6-8-19(15-25)24(13-18)12-16-4-2-1-3-5-16/h1-5,7,9-10,18-19,26H,6,8,11-15H2/t18-,19-/m0/s1. The Hall–Kier alpha value is -2.04. The minimum atomic E-state index is 0.0530. The predicted octanol–water partition coefficient (Wildman–Crippen LogP) is 3.71. The van der Waals surface area contributed by atoms with Crippen molar-refractivity contribution in [3.8, 4) is 5.75 Å². The highest BCUT2D eigenvalue weighted by Crippen LogP contribution is 2.30. The Morgan fingerprint density at radius 2 is 1.85 bits per heavy atom. The molecule has 3 aliphatic heterocycles. The summed E-state index contributed by atoms with van der Waals surface area (Å²) in [7, 11) is 0. The zero-order valence-electron chi connectivity index (χ0n) is 15.4. The Labute approximate surface area is 165 Å². The van der Waals surface area contributed by atoms with Gasteiger partial charge in [-0.25, -0.2) is 0 Å². The van der Waals surface area contributed by atoms with E-state index < -0.39 is 0 Å². The summed E-state index contributed by atoms with van der Waals surface area (Å²) < 4.78 is 0. The molecule has 1 N–H and O–H groups in total. The van der Waals surface area contributed by atoms with Gasteiger partial charge in [-0.3, -0.25) is 9.69 Å². The van der Waals surface area contributed by atoms with Crippen LogP contribution in [0.4, 0.5) is 0 Å². The topological polar surface area (TPSA) is 43.8 Å². The molecule has 142 valence electrons. The van der Waals surface area contributed by atoms with Crippen molar-refractivity contribution in [2.24, 2.45) is 5.92 Å². The van der Waals surface area contributed by atoms with Gasteiger partial charge in [-0.15, -0.1) is 0 Å². The van der Waals surface area contributed by atoms with E-state index in [1.54, 1.807) is 18.2 Å². The molecule has 3 aliphatic rings. The van der Waals surface area contributed by atoms with Crippen LogP contribution < -0.4 is 0 Å². The van der Waals surface area contributed by atoms with Crippen LogP contribution in [0.2, 0.25) is 5.02 Å². The number of carbonyl (C=O) groups is 1. The number of nitrogens with zero attached hydrogens (tertiary/aromatic N) is 2. The van der Waals surface area contributed by atoms with Crippen molar-refractivity contribution in [1.82, 2.24) is 9.80 Å². The van der Waals surface area contributed by atoms with Crippen LogP contribution in [0.25, 0.3) is 0 Å². The normalized spacial score (nSPS) is 22.6. The molecule has 3 saturated heterocycles. The van der Waals surface area contributed by atoms with Gasteiger partial charge in [0.1, 0.15) is 5.75 Å². The lowest BCUT2D eigenvalue weighted by atomic mass is 9.94. The van der Waals surface area contributed by atoms with E-state index in [4.69, 9.17) is 11.6 Å². The summed E-state index contributed by atoms with van der Waals surface area (Å²) in [6, 6.07) is 16.0. The molecule has 3 heterocycles. The maximum Gasteiger partial charge on any atom is 0.227 e. The van der Waals surface area contributed by atoms with Gasteiger partial charge < -0.3 is 10.0 Å². The summed E-state index contributed by atoms with van der Waals surface area (Å²) in [5.41, 5.74) is 2.18. The van der Waals surface area contributed by atoms with Crippen molar-refractivity contribution in [3.63, 3.8) is 0 Å². The number of hydrogen-bond donors (Lipinski definition) is 1. The second-order valence-electron chi connectivity index (χ2n) is 7.77. The number of hydrogen-bond acceptors (Lipinski definition) is 3. The summed E-state index contributed by atoms with van der Waals surface area (Å²) in [6.45, 7) is 3.66. The number of fused-ring (bicyclic) bond motifs is 4. The van der Waals surface area contributed by atoms with E-state index in [0.717, 1.165) is 38.2 Å². The summed E-state index contributed by atoms with van der Waals surface area (Å²) >= 11 is 5.98. The summed E-state index contributed by atoms with van der Waals surface area (Å²) in [4.78, 5) is 17.5. The Kier molecular flexibility index (Phi) is 5.37. The largest absolute Gasteiger partial charge is 0.506 e. The molecule has 0 unspecified atom stereocenters. The fourth-order valence-electron chi connectivity index (χ4n) is 4.34. The minimum Gasteiger partial charge on any atom is -0.506 e. The molecular weight excluding hydrogens is 360 g/mol. The molecule has 1 amide bonds. The lowest BCUT2D eigenvalue weighted by Crippen LogP contribution is -2.44. The van der Waals surface area contributed by atoms with Gasteiger partial charge in [-0.2, -0.15) is 0 Å². The smallest absolute Gasteiger partial charge is 0.227 e. The van der Waals surface area contributed by atoms with E-state index in [1.165, 1.54) is 12.0 Å². The third-order valence-corrected chi connectivity index (χ3v) is 6.08. The average molecular weight is 385 g/mol. The van der Waals surface area contributed by atoms with E-state index in [9.17, 15) is 9.90 Å². The number of halogens is 1. The van der Waals surface area contributed by atoms with Crippen LogP contribution in [0.15, 0.2) is 48.5 Å². The van der Waals surface area contributed by atoms with Crippen molar-refractivity contribution in [1.29, 1.82) is 0 Å². The third-order valence-electron chi connectivity index (χ3n) is 5.78. The number of rotatable bonds is 4. The third kappa shape index (κ3) is 4.28. The predicted molar refractivity (Wildman–Crippen MR) is 107 cm³/mol. The fraction of sp³-hybridized carbons (Fsp3) is 0.409.